The molecule has 0 radical (unpaired) electrons. The van der Waals surface area contributed by atoms with Crippen LogP contribution in [0.5, 0.6) is 11.5 Å². The van der Waals surface area contributed by atoms with Gasteiger partial charge in [0.1, 0.15) is 6.61 Å². The monoisotopic (exact) mass is 270 g/mol. The van der Waals surface area contributed by atoms with Gasteiger partial charge in [0.25, 0.3) is 0 Å². The van der Waals surface area contributed by atoms with Gasteiger partial charge in [0, 0.05) is 17.7 Å². The van der Waals surface area contributed by atoms with Crippen LogP contribution in [0.4, 0.5) is 0 Å². The highest BCUT2D eigenvalue weighted by Crippen LogP contribution is 2.34. The number of hydrogen-bond donors (Lipinski definition) is 0. The zero-order chi connectivity index (χ0) is 13.0. The van der Waals surface area contributed by atoms with E-state index in [1.165, 1.54) is 7.11 Å². The largest absolute Gasteiger partial charge is 0.493 e. The molecule has 0 N–H and O–H groups in total. The lowest BCUT2D eigenvalue weighted by Crippen LogP contribution is -2.17. The van der Waals surface area contributed by atoms with Gasteiger partial charge in [0.05, 0.1) is 18.8 Å². The number of rotatable bonds is 5. The molecule has 0 aromatic heterocycles. The van der Waals surface area contributed by atoms with E-state index in [4.69, 9.17) is 25.8 Å². The van der Waals surface area contributed by atoms with Crippen LogP contribution in [0.25, 0.3) is 0 Å². The second-order valence-electron chi connectivity index (χ2n) is 4.09. The summed E-state index contributed by atoms with van der Waals surface area (Å²) in [5.74, 6) is 0.884. The van der Waals surface area contributed by atoms with E-state index >= 15 is 0 Å². The van der Waals surface area contributed by atoms with Gasteiger partial charge in [-0.05, 0) is 18.9 Å². The summed E-state index contributed by atoms with van der Waals surface area (Å²) in [4.78, 5) is 11.0. The van der Waals surface area contributed by atoms with Crippen molar-refractivity contribution in [1.29, 1.82) is 0 Å². The van der Waals surface area contributed by atoms with E-state index in [1.807, 2.05) is 0 Å². The van der Waals surface area contributed by atoms with Crippen LogP contribution in [-0.4, -0.2) is 32.7 Å². The van der Waals surface area contributed by atoms with E-state index in [9.17, 15) is 4.79 Å². The molecule has 0 saturated carbocycles. The van der Waals surface area contributed by atoms with Crippen LogP contribution >= 0.6 is 11.6 Å². The van der Waals surface area contributed by atoms with Gasteiger partial charge in [-0.3, -0.25) is 4.79 Å². The van der Waals surface area contributed by atoms with Crippen molar-refractivity contribution in [1.82, 2.24) is 0 Å². The molecule has 18 heavy (non-hydrogen) atoms. The van der Waals surface area contributed by atoms with Crippen LogP contribution in [0, 0.1) is 0 Å². The number of ether oxygens (including phenoxy) is 3. The lowest BCUT2D eigenvalue weighted by molar-refractivity contribution is 0.0665. The van der Waals surface area contributed by atoms with Crippen molar-refractivity contribution in [3.05, 3.63) is 22.7 Å². The Morgan fingerprint density at radius 2 is 2.39 bits per heavy atom. The van der Waals surface area contributed by atoms with E-state index < -0.39 is 0 Å². The Morgan fingerprint density at radius 3 is 3.00 bits per heavy atom. The molecule has 98 valence electrons. The van der Waals surface area contributed by atoms with E-state index in [0.717, 1.165) is 19.4 Å². The molecule has 1 unspecified atom stereocenters. The maximum Gasteiger partial charge on any atom is 0.171 e. The normalized spacial score (nSPS) is 18.7. The first kappa shape index (κ1) is 13.2. The zero-order valence-electron chi connectivity index (χ0n) is 10.1. The lowest BCUT2D eigenvalue weighted by Gasteiger charge is -2.15. The maximum absolute atomic E-state index is 11.0. The number of carbonyl (C=O) groups is 1. The Morgan fingerprint density at radius 1 is 1.56 bits per heavy atom. The first-order chi connectivity index (χ1) is 8.74. The first-order valence-corrected chi connectivity index (χ1v) is 6.19. The average Bonchev–Trinajstić information content (AvgIpc) is 2.89. The summed E-state index contributed by atoms with van der Waals surface area (Å²) in [7, 11) is 1.51. The molecule has 1 saturated heterocycles. The van der Waals surface area contributed by atoms with Gasteiger partial charge >= 0.3 is 0 Å². The highest BCUT2D eigenvalue weighted by atomic mass is 35.5. The predicted octanol–water partition coefficient (Wildman–Crippen LogP) is 2.72. The molecule has 1 fully saturated rings. The molecule has 1 aromatic carbocycles. The highest BCUT2D eigenvalue weighted by Gasteiger charge is 2.19. The summed E-state index contributed by atoms with van der Waals surface area (Å²) in [5, 5.41) is 0.443. The number of hydrogen-bond acceptors (Lipinski definition) is 4. The third-order valence-electron chi connectivity index (χ3n) is 2.83. The van der Waals surface area contributed by atoms with E-state index in [-0.39, 0.29) is 6.10 Å². The Balaban J connectivity index is 2.15. The fraction of sp³-hybridized carbons (Fsp3) is 0.462. The third-order valence-corrected chi connectivity index (χ3v) is 3.05. The summed E-state index contributed by atoms with van der Waals surface area (Å²) >= 11 is 5.89. The van der Waals surface area contributed by atoms with Gasteiger partial charge in [0.2, 0.25) is 0 Å². The molecule has 4 nitrogen and oxygen atoms in total. The average molecular weight is 271 g/mol. The summed E-state index contributed by atoms with van der Waals surface area (Å²) in [6, 6.07) is 3.18. The topological polar surface area (TPSA) is 44.8 Å². The molecule has 0 aliphatic carbocycles. The van der Waals surface area contributed by atoms with Crippen LogP contribution in [0.2, 0.25) is 5.02 Å². The Labute approximate surface area is 111 Å². The summed E-state index contributed by atoms with van der Waals surface area (Å²) < 4.78 is 16.3. The van der Waals surface area contributed by atoms with Gasteiger partial charge in [-0.2, -0.15) is 0 Å². The minimum Gasteiger partial charge on any atom is -0.493 e. The van der Waals surface area contributed by atoms with E-state index in [2.05, 4.69) is 0 Å². The number of methoxy groups -OCH3 is 1. The fourth-order valence-electron chi connectivity index (χ4n) is 1.93. The molecule has 1 atom stereocenters. The smallest absolute Gasteiger partial charge is 0.171 e. The first-order valence-electron chi connectivity index (χ1n) is 5.81. The molecule has 2 rings (SSSR count). The second-order valence-corrected chi connectivity index (χ2v) is 4.53. The van der Waals surface area contributed by atoms with E-state index in [1.54, 1.807) is 12.1 Å². The molecular weight excluding hydrogens is 256 g/mol. The fourth-order valence-corrected chi connectivity index (χ4v) is 2.15. The highest BCUT2D eigenvalue weighted by molar-refractivity contribution is 6.31. The van der Waals surface area contributed by atoms with Gasteiger partial charge in [-0.25, -0.2) is 0 Å². The van der Waals surface area contributed by atoms with Crippen molar-refractivity contribution < 1.29 is 19.0 Å². The third kappa shape index (κ3) is 2.94. The molecule has 0 amide bonds. The molecule has 1 heterocycles. The van der Waals surface area contributed by atoms with Crippen LogP contribution < -0.4 is 9.47 Å². The summed E-state index contributed by atoms with van der Waals surface area (Å²) in [5.41, 5.74) is 0.386. The van der Waals surface area contributed by atoms with Crippen LogP contribution in [0.1, 0.15) is 23.2 Å². The standard InChI is InChI=1S/C13H15ClO4/c1-16-12-6-10(14)5-9(7-15)13(12)18-8-11-3-2-4-17-11/h5-7,11H,2-4,8H2,1H3. The minimum atomic E-state index is 0.0879. The van der Waals surface area contributed by atoms with Gasteiger partial charge < -0.3 is 14.2 Å². The van der Waals surface area contributed by atoms with Crippen LogP contribution in [0.15, 0.2) is 12.1 Å². The molecule has 1 aliphatic heterocycles. The van der Waals surface area contributed by atoms with Crippen molar-refractivity contribution in [2.75, 3.05) is 20.3 Å². The zero-order valence-corrected chi connectivity index (χ0v) is 10.9. The quantitative estimate of drug-likeness (QED) is 0.772. The predicted molar refractivity (Wildman–Crippen MR) is 67.9 cm³/mol. The van der Waals surface area contributed by atoms with Gasteiger partial charge in [-0.15, -0.1) is 0 Å². The number of aldehydes is 1. The Kier molecular flexibility index (Phi) is 4.44. The number of benzene rings is 1. The van der Waals surface area contributed by atoms with Crippen LogP contribution in [-0.2, 0) is 4.74 Å². The SMILES string of the molecule is COc1cc(Cl)cc(C=O)c1OCC1CCCO1. The van der Waals surface area contributed by atoms with Gasteiger partial charge in [0.15, 0.2) is 17.8 Å². The van der Waals surface area contributed by atoms with Crippen molar-refractivity contribution in [3.63, 3.8) is 0 Å². The van der Waals surface area contributed by atoms with Gasteiger partial charge in [-0.1, -0.05) is 11.6 Å². The molecule has 0 spiro atoms. The Hall–Kier alpha value is -1.26. The summed E-state index contributed by atoms with van der Waals surface area (Å²) in [6.45, 7) is 1.19. The Bertz CT molecular complexity index is 427. The molecule has 0 bridgehead atoms. The maximum atomic E-state index is 11.0. The number of halogens is 1. The summed E-state index contributed by atoms with van der Waals surface area (Å²) in [6.07, 6.45) is 2.82. The molecule has 1 aromatic rings. The lowest BCUT2D eigenvalue weighted by atomic mass is 10.2. The minimum absolute atomic E-state index is 0.0879. The van der Waals surface area contributed by atoms with Crippen molar-refractivity contribution >= 4 is 17.9 Å². The second kappa shape index (κ2) is 6.07. The number of carbonyl (C=O) groups excluding carboxylic acids is 1. The molecule has 5 heteroatoms. The molecular formula is C13H15ClO4. The van der Waals surface area contributed by atoms with Crippen molar-refractivity contribution in [2.45, 2.75) is 18.9 Å². The molecule has 1 aliphatic rings. The van der Waals surface area contributed by atoms with Crippen LogP contribution in [0.3, 0.4) is 0 Å². The van der Waals surface area contributed by atoms with Crippen molar-refractivity contribution in [3.8, 4) is 11.5 Å². The van der Waals surface area contributed by atoms with Crippen molar-refractivity contribution in [2.24, 2.45) is 0 Å². The van der Waals surface area contributed by atoms with E-state index in [0.29, 0.717) is 35.0 Å².